The zero-order chi connectivity index (χ0) is 14.7. The number of morpholine rings is 1. The highest BCUT2D eigenvalue weighted by molar-refractivity contribution is 6.33. The van der Waals surface area contributed by atoms with E-state index in [-0.39, 0.29) is 5.78 Å². The second-order valence-electron chi connectivity index (χ2n) is 5.95. The molecule has 3 rings (SSSR count). The van der Waals surface area contributed by atoms with Crippen LogP contribution in [0.3, 0.4) is 0 Å². The number of halogens is 1. The summed E-state index contributed by atoms with van der Waals surface area (Å²) < 4.78 is 5.87. The lowest BCUT2D eigenvalue weighted by Gasteiger charge is -2.43. The van der Waals surface area contributed by atoms with Crippen LogP contribution < -0.4 is 0 Å². The molecule has 1 heterocycles. The molecule has 3 nitrogen and oxygen atoms in total. The van der Waals surface area contributed by atoms with Crippen molar-refractivity contribution in [3.8, 4) is 0 Å². The molecule has 0 N–H and O–H groups in total. The lowest BCUT2D eigenvalue weighted by atomic mass is 9.90. The molecular weight excluding hydrogens is 286 g/mol. The van der Waals surface area contributed by atoms with Crippen LogP contribution in [0.4, 0.5) is 0 Å². The highest BCUT2D eigenvalue weighted by Gasteiger charge is 2.34. The van der Waals surface area contributed by atoms with Gasteiger partial charge in [-0.15, -0.1) is 0 Å². The van der Waals surface area contributed by atoms with E-state index in [9.17, 15) is 4.79 Å². The summed E-state index contributed by atoms with van der Waals surface area (Å²) in [4.78, 5) is 14.8. The number of benzene rings is 1. The molecule has 0 radical (unpaired) electrons. The van der Waals surface area contributed by atoms with Crippen molar-refractivity contribution in [3.63, 3.8) is 0 Å². The summed E-state index contributed by atoms with van der Waals surface area (Å²) in [5.41, 5.74) is 0.646. The van der Waals surface area contributed by atoms with E-state index in [1.807, 2.05) is 18.2 Å². The minimum Gasteiger partial charge on any atom is -0.375 e. The van der Waals surface area contributed by atoms with Crippen molar-refractivity contribution < 1.29 is 9.53 Å². The summed E-state index contributed by atoms with van der Waals surface area (Å²) in [5.74, 6) is 0.138. The van der Waals surface area contributed by atoms with Gasteiger partial charge in [-0.25, -0.2) is 0 Å². The first-order chi connectivity index (χ1) is 10.3. The van der Waals surface area contributed by atoms with E-state index < -0.39 is 0 Å². The molecule has 114 valence electrons. The molecule has 21 heavy (non-hydrogen) atoms. The molecule has 0 bridgehead atoms. The number of carbonyl (C=O) groups excluding carboxylic acids is 1. The molecular formula is C17H22ClNO2. The third-order valence-corrected chi connectivity index (χ3v) is 4.98. The molecule has 1 aliphatic heterocycles. The Morgan fingerprint density at radius 1 is 1.29 bits per heavy atom. The number of nitrogens with zero attached hydrogens (tertiary/aromatic N) is 1. The topological polar surface area (TPSA) is 29.5 Å². The fourth-order valence-corrected chi connectivity index (χ4v) is 3.76. The quantitative estimate of drug-likeness (QED) is 0.797. The molecule has 0 aromatic heterocycles. The molecule has 2 aliphatic rings. The maximum atomic E-state index is 12.3. The Bertz CT molecular complexity index is 503. The second-order valence-corrected chi connectivity index (χ2v) is 6.36. The van der Waals surface area contributed by atoms with Crippen molar-refractivity contribution in [2.75, 3.05) is 19.7 Å². The van der Waals surface area contributed by atoms with E-state index in [1.54, 1.807) is 6.07 Å². The van der Waals surface area contributed by atoms with Gasteiger partial charge < -0.3 is 4.74 Å². The summed E-state index contributed by atoms with van der Waals surface area (Å²) in [7, 11) is 0. The molecule has 1 saturated heterocycles. The maximum Gasteiger partial charge on any atom is 0.165 e. The zero-order valence-electron chi connectivity index (χ0n) is 12.3. The van der Waals surface area contributed by atoms with Crippen molar-refractivity contribution in [2.24, 2.45) is 0 Å². The standard InChI is InChI=1S/C17H22ClNO2/c18-14-6-2-1-5-13(14)16(20)9-10-19-11-12-21-17-8-4-3-7-15(17)19/h1-2,5-6,15,17H,3-4,7-12H2. The van der Waals surface area contributed by atoms with Crippen molar-refractivity contribution in [1.29, 1.82) is 0 Å². The van der Waals surface area contributed by atoms with Gasteiger partial charge in [-0.05, 0) is 25.0 Å². The minimum absolute atomic E-state index is 0.138. The second kappa shape index (κ2) is 6.91. The number of ketones is 1. The normalized spacial score (nSPS) is 26.3. The number of Topliss-reactive ketones (excluding diaryl/α,β-unsaturated/α-hetero) is 1. The predicted molar refractivity (Wildman–Crippen MR) is 84.0 cm³/mol. The summed E-state index contributed by atoms with van der Waals surface area (Å²) in [6.45, 7) is 2.55. The monoisotopic (exact) mass is 307 g/mol. The third kappa shape index (κ3) is 3.47. The lowest BCUT2D eigenvalue weighted by molar-refractivity contribution is -0.0874. The van der Waals surface area contributed by atoms with Crippen molar-refractivity contribution in [3.05, 3.63) is 34.9 Å². The number of hydrogen-bond donors (Lipinski definition) is 0. The largest absolute Gasteiger partial charge is 0.375 e. The van der Waals surface area contributed by atoms with Gasteiger partial charge in [0.1, 0.15) is 0 Å². The van der Waals surface area contributed by atoms with E-state index in [0.717, 1.165) is 19.7 Å². The average molecular weight is 308 g/mol. The fraction of sp³-hybridized carbons (Fsp3) is 0.588. The maximum absolute atomic E-state index is 12.3. The first-order valence-electron chi connectivity index (χ1n) is 7.89. The molecule has 1 saturated carbocycles. The lowest BCUT2D eigenvalue weighted by Crippen LogP contribution is -2.53. The van der Waals surface area contributed by atoms with E-state index in [4.69, 9.17) is 16.3 Å². The molecule has 1 aromatic carbocycles. The molecule has 1 aliphatic carbocycles. The van der Waals surface area contributed by atoms with Gasteiger partial charge in [-0.1, -0.05) is 36.6 Å². The van der Waals surface area contributed by atoms with Gasteiger partial charge in [0.2, 0.25) is 0 Å². The Labute approximate surface area is 131 Å². The van der Waals surface area contributed by atoms with E-state index in [2.05, 4.69) is 4.90 Å². The first kappa shape index (κ1) is 15.0. The summed E-state index contributed by atoms with van der Waals surface area (Å²) in [6.07, 6.45) is 5.83. The van der Waals surface area contributed by atoms with Crippen LogP contribution in [0.1, 0.15) is 42.5 Å². The SMILES string of the molecule is O=C(CCN1CCOC2CCCCC21)c1ccccc1Cl. The van der Waals surface area contributed by atoms with Crippen LogP contribution in [0.25, 0.3) is 0 Å². The van der Waals surface area contributed by atoms with Crippen LogP contribution in [0, 0.1) is 0 Å². The fourth-order valence-electron chi connectivity index (χ4n) is 3.52. The molecule has 0 spiro atoms. The van der Waals surface area contributed by atoms with E-state index in [1.165, 1.54) is 25.7 Å². The summed E-state index contributed by atoms with van der Waals surface area (Å²) in [5, 5.41) is 0.556. The number of fused-ring (bicyclic) bond motifs is 1. The Morgan fingerprint density at radius 2 is 2.10 bits per heavy atom. The molecule has 0 amide bonds. The highest BCUT2D eigenvalue weighted by atomic mass is 35.5. The highest BCUT2D eigenvalue weighted by Crippen LogP contribution is 2.28. The van der Waals surface area contributed by atoms with Gasteiger partial charge in [-0.2, -0.15) is 0 Å². The number of rotatable bonds is 4. The molecule has 4 heteroatoms. The van der Waals surface area contributed by atoms with Crippen molar-refractivity contribution in [2.45, 2.75) is 44.2 Å². The van der Waals surface area contributed by atoms with Crippen LogP contribution in [-0.4, -0.2) is 42.5 Å². The Balaban J connectivity index is 1.59. The number of hydrogen-bond acceptors (Lipinski definition) is 3. The molecule has 2 atom stereocenters. The molecule has 2 fully saturated rings. The van der Waals surface area contributed by atoms with Gasteiger partial charge in [0.05, 0.1) is 17.7 Å². The van der Waals surface area contributed by atoms with E-state index >= 15 is 0 Å². The van der Waals surface area contributed by atoms with Crippen LogP contribution in [0.5, 0.6) is 0 Å². The Hall–Kier alpha value is -0.900. The Morgan fingerprint density at radius 3 is 2.95 bits per heavy atom. The average Bonchev–Trinajstić information content (AvgIpc) is 2.53. The van der Waals surface area contributed by atoms with Crippen LogP contribution in [0.15, 0.2) is 24.3 Å². The minimum atomic E-state index is 0.138. The van der Waals surface area contributed by atoms with Crippen LogP contribution in [0.2, 0.25) is 5.02 Å². The predicted octanol–water partition coefficient (Wildman–Crippen LogP) is 3.56. The Kier molecular flexibility index (Phi) is 4.94. The first-order valence-corrected chi connectivity index (χ1v) is 8.27. The smallest absolute Gasteiger partial charge is 0.165 e. The molecule has 2 unspecified atom stereocenters. The van der Waals surface area contributed by atoms with Crippen molar-refractivity contribution >= 4 is 17.4 Å². The summed E-state index contributed by atoms with van der Waals surface area (Å²) in [6, 6.07) is 7.82. The van der Waals surface area contributed by atoms with Gasteiger partial charge in [0.15, 0.2) is 5.78 Å². The van der Waals surface area contributed by atoms with Crippen molar-refractivity contribution in [1.82, 2.24) is 4.90 Å². The van der Waals surface area contributed by atoms with Gasteiger partial charge >= 0.3 is 0 Å². The van der Waals surface area contributed by atoms with E-state index in [0.29, 0.717) is 29.2 Å². The zero-order valence-corrected chi connectivity index (χ0v) is 13.0. The van der Waals surface area contributed by atoms with Gasteiger partial charge in [0, 0.05) is 31.1 Å². The number of ether oxygens (including phenoxy) is 1. The summed E-state index contributed by atoms with van der Waals surface area (Å²) >= 11 is 6.10. The third-order valence-electron chi connectivity index (χ3n) is 4.65. The van der Waals surface area contributed by atoms with Gasteiger partial charge in [-0.3, -0.25) is 9.69 Å². The van der Waals surface area contributed by atoms with Crippen LogP contribution >= 0.6 is 11.6 Å². The van der Waals surface area contributed by atoms with Crippen LogP contribution in [-0.2, 0) is 4.74 Å². The number of carbonyl (C=O) groups is 1. The molecule has 1 aromatic rings. The van der Waals surface area contributed by atoms with Gasteiger partial charge in [0.25, 0.3) is 0 Å².